The van der Waals surface area contributed by atoms with Gasteiger partial charge in [0.25, 0.3) is 5.91 Å². The number of amides is 1. The average molecular weight is 263 g/mol. The van der Waals surface area contributed by atoms with Crippen LogP contribution >= 0.6 is 0 Å². The van der Waals surface area contributed by atoms with Gasteiger partial charge in [0.15, 0.2) is 5.79 Å². The summed E-state index contributed by atoms with van der Waals surface area (Å²) in [5, 5.41) is 10.4. The Labute approximate surface area is 111 Å². The lowest BCUT2D eigenvalue weighted by Crippen LogP contribution is -2.44. The van der Waals surface area contributed by atoms with Crippen LogP contribution in [0.5, 0.6) is 0 Å². The minimum atomic E-state index is -0.376. The largest absolute Gasteiger partial charge is 0.349 e. The van der Waals surface area contributed by atoms with Crippen LogP contribution in [0.3, 0.4) is 0 Å². The topological polar surface area (TPSA) is 73.3 Å². The Balaban J connectivity index is 1.53. The fourth-order valence-corrected chi connectivity index (χ4v) is 2.68. The van der Waals surface area contributed by atoms with E-state index in [9.17, 15) is 4.79 Å². The van der Waals surface area contributed by atoms with Gasteiger partial charge in [-0.3, -0.25) is 4.79 Å². The minimum absolute atomic E-state index is 0.0934. The molecular weight excluding hydrogens is 246 g/mol. The lowest BCUT2D eigenvalue weighted by molar-refractivity contribution is -0.179. The number of nitrogens with one attached hydrogen (secondary N) is 1. The molecular formula is C13H17N3O3. The number of hydrogen-bond donors (Lipinski definition) is 1. The van der Waals surface area contributed by atoms with Gasteiger partial charge in [0, 0.05) is 18.9 Å². The van der Waals surface area contributed by atoms with Crippen LogP contribution in [0.2, 0.25) is 0 Å². The normalized spacial score (nSPS) is 22.5. The number of ether oxygens (including phenoxy) is 2. The second kappa shape index (κ2) is 5.22. The van der Waals surface area contributed by atoms with E-state index < -0.39 is 0 Å². The van der Waals surface area contributed by atoms with Gasteiger partial charge < -0.3 is 14.8 Å². The first kappa shape index (κ1) is 12.5. The summed E-state index contributed by atoms with van der Waals surface area (Å²) in [5.74, 6) is -0.469. The van der Waals surface area contributed by atoms with E-state index in [1.165, 1.54) is 12.4 Å². The minimum Gasteiger partial charge on any atom is -0.349 e. The lowest BCUT2D eigenvalue weighted by atomic mass is 9.90. The molecule has 6 nitrogen and oxygen atoms in total. The summed E-state index contributed by atoms with van der Waals surface area (Å²) in [6.07, 6.45) is 6.43. The van der Waals surface area contributed by atoms with Crippen molar-refractivity contribution in [2.24, 2.45) is 0 Å². The van der Waals surface area contributed by atoms with Crippen molar-refractivity contribution in [1.29, 1.82) is 0 Å². The van der Waals surface area contributed by atoms with E-state index in [0.29, 0.717) is 18.8 Å². The van der Waals surface area contributed by atoms with E-state index in [0.717, 1.165) is 25.7 Å². The summed E-state index contributed by atoms with van der Waals surface area (Å²) in [4.78, 5) is 12.0. The third-order valence-electron chi connectivity index (χ3n) is 3.74. The smallest absolute Gasteiger partial charge is 0.253 e. The van der Waals surface area contributed by atoms with Gasteiger partial charge in [-0.15, -0.1) is 0 Å². The van der Waals surface area contributed by atoms with Crippen LogP contribution in [-0.4, -0.2) is 41.1 Å². The predicted octanol–water partition coefficient (Wildman–Crippen LogP) is 0.892. The van der Waals surface area contributed by atoms with Crippen molar-refractivity contribution in [3.8, 4) is 0 Å². The zero-order chi connectivity index (χ0) is 13.1. The van der Waals surface area contributed by atoms with E-state index in [-0.39, 0.29) is 17.7 Å². The molecule has 0 radical (unpaired) electrons. The number of carbonyl (C=O) groups is 1. The molecule has 19 heavy (non-hydrogen) atoms. The molecule has 6 heteroatoms. The average Bonchev–Trinajstić information content (AvgIpc) is 2.91. The van der Waals surface area contributed by atoms with Gasteiger partial charge in [-0.1, -0.05) is 0 Å². The van der Waals surface area contributed by atoms with Crippen LogP contribution in [0, 0.1) is 0 Å². The Kier molecular flexibility index (Phi) is 3.44. The standard InChI is InChI=1S/C13H17N3O3/c17-12(10-3-6-14-15-9-10)16-11-1-4-13(5-2-11)18-7-8-19-13/h3,6,9,11H,1-2,4-5,7-8H2,(H,16,17). The molecule has 1 aliphatic heterocycles. The third kappa shape index (κ3) is 2.74. The monoisotopic (exact) mass is 263 g/mol. The highest BCUT2D eigenvalue weighted by atomic mass is 16.7. The fraction of sp³-hybridized carbons (Fsp3) is 0.615. The molecule has 2 heterocycles. The summed E-state index contributed by atoms with van der Waals surface area (Å²) in [5.41, 5.74) is 0.545. The highest BCUT2D eigenvalue weighted by molar-refractivity contribution is 5.93. The summed E-state index contributed by atoms with van der Waals surface area (Å²) in [7, 11) is 0. The number of nitrogens with zero attached hydrogens (tertiary/aromatic N) is 2. The number of rotatable bonds is 2. The summed E-state index contributed by atoms with van der Waals surface area (Å²) < 4.78 is 11.3. The summed E-state index contributed by atoms with van der Waals surface area (Å²) in [6.45, 7) is 1.36. The first-order chi connectivity index (χ1) is 9.27. The van der Waals surface area contributed by atoms with Crippen molar-refractivity contribution in [2.45, 2.75) is 37.5 Å². The molecule has 0 unspecified atom stereocenters. The molecule has 1 aromatic heterocycles. The summed E-state index contributed by atoms with van der Waals surface area (Å²) in [6, 6.07) is 1.84. The molecule has 2 fully saturated rings. The summed E-state index contributed by atoms with van der Waals surface area (Å²) >= 11 is 0. The van der Waals surface area contributed by atoms with Crippen molar-refractivity contribution in [1.82, 2.24) is 15.5 Å². The zero-order valence-corrected chi connectivity index (χ0v) is 10.7. The Morgan fingerprint density at radius 1 is 1.26 bits per heavy atom. The third-order valence-corrected chi connectivity index (χ3v) is 3.74. The lowest BCUT2D eigenvalue weighted by Gasteiger charge is -2.35. The van der Waals surface area contributed by atoms with E-state index in [1.807, 2.05) is 0 Å². The Bertz CT molecular complexity index is 436. The van der Waals surface area contributed by atoms with Crippen LogP contribution in [0.25, 0.3) is 0 Å². The van der Waals surface area contributed by atoms with Gasteiger partial charge >= 0.3 is 0 Å². The van der Waals surface area contributed by atoms with Crippen molar-refractivity contribution in [2.75, 3.05) is 13.2 Å². The van der Waals surface area contributed by atoms with Crippen LogP contribution in [0.4, 0.5) is 0 Å². The molecule has 1 N–H and O–H groups in total. The molecule has 1 spiro atoms. The molecule has 0 atom stereocenters. The first-order valence-electron chi connectivity index (χ1n) is 6.63. The van der Waals surface area contributed by atoms with Gasteiger partial charge in [0.1, 0.15) is 0 Å². The van der Waals surface area contributed by atoms with Gasteiger partial charge in [0.05, 0.1) is 31.2 Å². The first-order valence-corrected chi connectivity index (χ1v) is 6.63. The molecule has 1 saturated carbocycles. The van der Waals surface area contributed by atoms with Crippen molar-refractivity contribution in [3.05, 3.63) is 24.0 Å². The van der Waals surface area contributed by atoms with Gasteiger partial charge in [0.2, 0.25) is 0 Å². The molecule has 2 aliphatic rings. The Morgan fingerprint density at radius 3 is 2.63 bits per heavy atom. The van der Waals surface area contributed by atoms with Crippen molar-refractivity contribution in [3.63, 3.8) is 0 Å². The van der Waals surface area contributed by atoms with Crippen LogP contribution < -0.4 is 5.32 Å². The second-order valence-corrected chi connectivity index (χ2v) is 4.99. The molecule has 102 valence electrons. The van der Waals surface area contributed by atoms with E-state index >= 15 is 0 Å². The molecule has 0 aromatic carbocycles. The number of hydrogen-bond acceptors (Lipinski definition) is 5. The van der Waals surface area contributed by atoms with Gasteiger partial charge in [-0.25, -0.2) is 0 Å². The zero-order valence-electron chi connectivity index (χ0n) is 10.7. The SMILES string of the molecule is O=C(NC1CCC2(CC1)OCCO2)c1ccnnc1. The Hall–Kier alpha value is -1.53. The molecule has 1 aliphatic carbocycles. The molecule has 1 aromatic rings. The second-order valence-electron chi connectivity index (χ2n) is 4.99. The Morgan fingerprint density at radius 2 is 2.00 bits per heavy atom. The molecule has 1 amide bonds. The van der Waals surface area contributed by atoms with Crippen LogP contribution in [0.15, 0.2) is 18.5 Å². The number of carbonyl (C=O) groups excluding carboxylic acids is 1. The van der Waals surface area contributed by atoms with Gasteiger partial charge in [-0.2, -0.15) is 10.2 Å². The van der Waals surface area contributed by atoms with Crippen LogP contribution in [-0.2, 0) is 9.47 Å². The maximum Gasteiger partial charge on any atom is 0.253 e. The van der Waals surface area contributed by atoms with E-state index in [1.54, 1.807) is 6.07 Å². The maximum atomic E-state index is 12.0. The highest BCUT2D eigenvalue weighted by Gasteiger charge is 2.40. The highest BCUT2D eigenvalue weighted by Crippen LogP contribution is 2.35. The van der Waals surface area contributed by atoms with Crippen molar-refractivity contribution >= 4 is 5.91 Å². The molecule has 1 saturated heterocycles. The van der Waals surface area contributed by atoms with Gasteiger partial charge in [-0.05, 0) is 18.9 Å². The maximum absolute atomic E-state index is 12.0. The fourth-order valence-electron chi connectivity index (χ4n) is 2.68. The molecule has 0 bridgehead atoms. The van der Waals surface area contributed by atoms with E-state index in [4.69, 9.17) is 9.47 Å². The predicted molar refractivity (Wildman–Crippen MR) is 66.4 cm³/mol. The molecule has 3 rings (SSSR count). The quantitative estimate of drug-likeness (QED) is 0.858. The van der Waals surface area contributed by atoms with Crippen LogP contribution in [0.1, 0.15) is 36.0 Å². The van der Waals surface area contributed by atoms with E-state index in [2.05, 4.69) is 15.5 Å². The van der Waals surface area contributed by atoms with Crippen molar-refractivity contribution < 1.29 is 14.3 Å². The number of aromatic nitrogens is 2.